The standard InChI is InChI=1S/C21H34O5/c1-5-6-7-8-9-10-11-12-13-15-18(22)20(24)25-17-14-16-19(23)26-21(2,3)4/h5,8-9H,1,6-7,10-17H2,2-4H3/b9-8-. The summed E-state index contributed by atoms with van der Waals surface area (Å²) in [6, 6.07) is 0. The van der Waals surface area contributed by atoms with E-state index in [4.69, 9.17) is 9.47 Å². The zero-order valence-electron chi connectivity index (χ0n) is 16.6. The third-order valence-electron chi connectivity index (χ3n) is 3.38. The second-order valence-corrected chi connectivity index (χ2v) is 7.19. The fourth-order valence-electron chi connectivity index (χ4n) is 2.13. The van der Waals surface area contributed by atoms with Crippen molar-refractivity contribution in [1.82, 2.24) is 0 Å². The second kappa shape index (κ2) is 14.3. The molecule has 5 heteroatoms. The molecule has 0 rings (SSSR count). The van der Waals surface area contributed by atoms with Crippen molar-refractivity contribution in [3.8, 4) is 0 Å². The van der Waals surface area contributed by atoms with E-state index in [1.807, 2.05) is 6.08 Å². The van der Waals surface area contributed by atoms with Crippen molar-refractivity contribution in [2.75, 3.05) is 6.61 Å². The van der Waals surface area contributed by atoms with Crippen LogP contribution in [-0.2, 0) is 23.9 Å². The Labute approximate surface area is 157 Å². The fourth-order valence-corrected chi connectivity index (χ4v) is 2.13. The first-order chi connectivity index (χ1) is 12.3. The average Bonchev–Trinajstić information content (AvgIpc) is 2.55. The number of unbranched alkanes of at least 4 members (excludes halogenated alkanes) is 4. The highest BCUT2D eigenvalue weighted by atomic mass is 16.6. The van der Waals surface area contributed by atoms with Gasteiger partial charge < -0.3 is 9.47 Å². The van der Waals surface area contributed by atoms with Crippen LogP contribution in [0.25, 0.3) is 0 Å². The van der Waals surface area contributed by atoms with Gasteiger partial charge in [-0.15, -0.1) is 6.58 Å². The molecule has 0 fully saturated rings. The van der Waals surface area contributed by atoms with E-state index in [1.54, 1.807) is 20.8 Å². The lowest BCUT2D eigenvalue weighted by Gasteiger charge is -2.19. The maximum atomic E-state index is 11.7. The number of esters is 2. The predicted octanol–water partition coefficient (Wildman–Crippen LogP) is 4.69. The first kappa shape index (κ1) is 24.1. The molecule has 0 spiro atoms. The highest BCUT2D eigenvalue weighted by molar-refractivity contribution is 6.33. The Balaban J connectivity index is 3.65. The highest BCUT2D eigenvalue weighted by Crippen LogP contribution is 2.09. The third kappa shape index (κ3) is 15.6. The molecule has 0 saturated heterocycles. The Morgan fingerprint density at radius 3 is 2.23 bits per heavy atom. The van der Waals surface area contributed by atoms with Crippen molar-refractivity contribution >= 4 is 17.7 Å². The molecule has 0 aliphatic rings. The van der Waals surface area contributed by atoms with Gasteiger partial charge >= 0.3 is 11.9 Å². The highest BCUT2D eigenvalue weighted by Gasteiger charge is 2.17. The Kier molecular flexibility index (Phi) is 13.2. The van der Waals surface area contributed by atoms with Gasteiger partial charge in [0.15, 0.2) is 0 Å². The molecule has 5 nitrogen and oxygen atoms in total. The summed E-state index contributed by atoms with van der Waals surface area (Å²) in [5, 5.41) is 0. The number of carbonyl (C=O) groups excluding carboxylic acids is 3. The number of allylic oxidation sites excluding steroid dienone is 3. The number of hydrogen-bond donors (Lipinski definition) is 0. The molecule has 0 radical (unpaired) electrons. The molecule has 0 unspecified atom stereocenters. The van der Waals surface area contributed by atoms with Gasteiger partial charge in [0.2, 0.25) is 5.78 Å². The van der Waals surface area contributed by atoms with E-state index >= 15 is 0 Å². The minimum Gasteiger partial charge on any atom is -0.460 e. The zero-order valence-corrected chi connectivity index (χ0v) is 16.6. The van der Waals surface area contributed by atoms with Crippen molar-refractivity contribution in [3.63, 3.8) is 0 Å². The Morgan fingerprint density at radius 2 is 1.58 bits per heavy atom. The van der Waals surface area contributed by atoms with Crippen LogP contribution in [0.4, 0.5) is 0 Å². The molecule has 0 heterocycles. The number of Topliss-reactive ketones (excluding diaryl/α,β-unsaturated/α-hetero) is 1. The van der Waals surface area contributed by atoms with E-state index < -0.39 is 17.4 Å². The van der Waals surface area contributed by atoms with Gasteiger partial charge in [0.05, 0.1) is 6.61 Å². The molecule has 0 bridgehead atoms. The lowest BCUT2D eigenvalue weighted by molar-refractivity contribution is -0.157. The van der Waals surface area contributed by atoms with E-state index in [0.29, 0.717) is 12.8 Å². The minimum atomic E-state index is -0.807. The fraction of sp³-hybridized carbons (Fsp3) is 0.667. The molecule has 0 atom stereocenters. The smallest absolute Gasteiger partial charge is 0.374 e. The molecule has 0 saturated carbocycles. The molecule has 0 aromatic rings. The molecular weight excluding hydrogens is 332 g/mol. The van der Waals surface area contributed by atoms with Crippen LogP contribution in [0.15, 0.2) is 24.8 Å². The Morgan fingerprint density at radius 1 is 0.885 bits per heavy atom. The third-order valence-corrected chi connectivity index (χ3v) is 3.38. The summed E-state index contributed by atoms with van der Waals surface area (Å²) in [7, 11) is 0. The second-order valence-electron chi connectivity index (χ2n) is 7.19. The van der Waals surface area contributed by atoms with Gasteiger partial charge in [-0.3, -0.25) is 9.59 Å². The number of ether oxygens (including phenoxy) is 2. The van der Waals surface area contributed by atoms with E-state index in [1.165, 1.54) is 0 Å². The molecule has 26 heavy (non-hydrogen) atoms. The topological polar surface area (TPSA) is 69.7 Å². The van der Waals surface area contributed by atoms with Crippen molar-refractivity contribution in [2.24, 2.45) is 0 Å². The van der Waals surface area contributed by atoms with Gasteiger partial charge in [0, 0.05) is 12.8 Å². The minimum absolute atomic E-state index is 0.0549. The normalized spacial score (nSPS) is 11.3. The maximum absolute atomic E-state index is 11.7. The summed E-state index contributed by atoms with van der Waals surface area (Å²) in [4.78, 5) is 34.8. The lowest BCUT2D eigenvalue weighted by Crippen LogP contribution is -2.24. The van der Waals surface area contributed by atoms with Crippen LogP contribution in [-0.4, -0.2) is 29.9 Å². The van der Waals surface area contributed by atoms with Gasteiger partial charge in [-0.1, -0.05) is 24.6 Å². The Bertz CT molecular complexity index is 471. The maximum Gasteiger partial charge on any atom is 0.374 e. The molecule has 0 aliphatic heterocycles. The number of rotatable bonds is 14. The molecule has 0 amide bonds. The summed E-state index contributed by atoms with van der Waals surface area (Å²) < 4.78 is 10.1. The number of ketones is 1. The Hall–Kier alpha value is -1.91. The number of hydrogen-bond acceptors (Lipinski definition) is 5. The first-order valence-corrected chi connectivity index (χ1v) is 9.44. The summed E-state index contributed by atoms with van der Waals surface area (Å²) in [6.45, 7) is 9.11. The van der Waals surface area contributed by atoms with Crippen LogP contribution >= 0.6 is 0 Å². The summed E-state index contributed by atoms with van der Waals surface area (Å²) in [6.07, 6.45) is 12.5. The van der Waals surface area contributed by atoms with E-state index in [0.717, 1.165) is 32.1 Å². The molecular formula is C21H34O5. The molecule has 0 aliphatic carbocycles. The van der Waals surface area contributed by atoms with Gasteiger partial charge in [-0.05, 0) is 59.3 Å². The van der Waals surface area contributed by atoms with Crippen LogP contribution in [0.2, 0.25) is 0 Å². The first-order valence-electron chi connectivity index (χ1n) is 9.44. The number of carbonyl (C=O) groups is 3. The monoisotopic (exact) mass is 366 g/mol. The van der Waals surface area contributed by atoms with Gasteiger partial charge in [0.1, 0.15) is 5.60 Å². The summed E-state index contributed by atoms with van der Waals surface area (Å²) in [5.74, 6) is -1.64. The summed E-state index contributed by atoms with van der Waals surface area (Å²) in [5.41, 5.74) is -0.523. The molecule has 148 valence electrons. The molecule has 0 N–H and O–H groups in total. The van der Waals surface area contributed by atoms with Crippen LogP contribution < -0.4 is 0 Å². The quantitative estimate of drug-likeness (QED) is 0.193. The van der Waals surface area contributed by atoms with Gasteiger partial charge in [-0.25, -0.2) is 4.79 Å². The zero-order chi connectivity index (χ0) is 19.8. The van der Waals surface area contributed by atoms with Crippen LogP contribution in [0.3, 0.4) is 0 Å². The van der Waals surface area contributed by atoms with Crippen LogP contribution in [0.5, 0.6) is 0 Å². The van der Waals surface area contributed by atoms with Crippen LogP contribution in [0, 0.1) is 0 Å². The predicted molar refractivity (Wildman–Crippen MR) is 103 cm³/mol. The lowest BCUT2D eigenvalue weighted by atomic mass is 10.1. The van der Waals surface area contributed by atoms with Gasteiger partial charge in [-0.2, -0.15) is 0 Å². The largest absolute Gasteiger partial charge is 0.460 e. The van der Waals surface area contributed by atoms with E-state index in [9.17, 15) is 14.4 Å². The van der Waals surface area contributed by atoms with Crippen LogP contribution in [0.1, 0.15) is 78.6 Å². The van der Waals surface area contributed by atoms with Crippen molar-refractivity contribution in [1.29, 1.82) is 0 Å². The molecule has 0 aromatic heterocycles. The molecule has 0 aromatic carbocycles. The van der Waals surface area contributed by atoms with Crippen molar-refractivity contribution < 1.29 is 23.9 Å². The van der Waals surface area contributed by atoms with E-state index in [2.05, 4.69) is 18.7 Å². The summed E-state index contributed by atoms with van der Waals surface area (Å²) >= 11 is 0. The SMILES string of the molecule is C=CCC/C=C\CCCCCC(=O)C(=O)OCCCC(=O)OC(C)(C)C. The van der Waals surface area contributed by atoms with Gasteiger partial charge in [0.25, 0.3) is 0 Å². The van der Waals surface area contributed by atoms with Crippen molar-refractivity contribution in [3.05, 3.63) is 24.8 Å². The average molecular weight is 366 g/mol. The van der Waals surface area contributed by atoms with Crippen molar-refractivity contribution in [2.45, 2.75) is 84.2 Å². The van der Waals surface area contributed by atoms with E-state index in [-0.39, 0.29) is 25.4 Å².